The van der Waals surface area contributed by atoms with Gasteiger partial charge in [0.05, 0.1) is 11.8 Å². The number of nitrogens with zero attached hydrogens (tertiary/aromatic N) is 2. The number of aromatic amines is 1. The third-order valence-corrected chi connectivity index (χ3v) is 5.68. The van der Waals surface area contributed by atoms with Crippen molar-refractivity contribution in [2.24, 2.45) is 0 Å². The lowest BCUT2D eigenvalue weighted by Crippen LogP contribution is -2.40. The number of rotatable bonds is 4. The van der Waals surface area contributed by atoms with Crippen molar-refractivity contribution in [3.8, 4) is 5.75 Å². The number of nitrogens with one attached hydrogen (secondary N) is 1. The van der Waals surface area contributed by atoms with Crippen LogP contribution in [0.2, 0.25) is 0 Å². The topological polar surface area (TPSA) is 111 Å². The summed E-state index contributed by atoms with van der Waals surface area (Å²) in [5.74, 6) is -1.77. The number of hydrogen-bond acceptors (Lipinski definition) is 5. The highest BCUT2D eigenvalue weighted by Crippen LogP contribution is 2.31. The van der Waals surface area contributed by atoms with Gasteiger partial charge in [0.25, 0.3) is 11.5 Å². The molecule has 0 fully saturated rings. The summed E-state index contributed by atoms with van der Waals surface area (Å²) in [6.45, 7) is 0.418. The molecular formula is C17H18FN3O5S. The average Bonchev–Trinajstić information content (AvgIpc) is 2.60. The first kappa shape index (κ1) is 18.9. The summed E-state index contributed by atoms with van der Waals surface area (Å²) in [6.07, 6.45) is 1.21. The van der Waals surface area contributed by atoms with Gasteiger partial charge in [0.15, 0.2) is 5.75 Å². The molecule has 144 valence electrons. The largest absolute Gasteiger partial charge is 0.502 e. The fourth-order valence-corrected chi connectivity index (χ4v) is 3.48. The second kappa shape index (κ2) is 6.69. The molecule has 27 heavy (non-hydrogen) atoms. The predicted octanol–water partition coefficient (Wildman–Crippen LogP) is 0.814. The van der Waals surface area contributed by atoms with E-state index in [1.807, 2.05) is 0 Å². The van der Waals surface area contributed by atoms with E-state index in [2.05, 4.69) is 4.98 Å². The molecule has 2 N–H and O–H groups in total. The van der Waals surface area contributed by atoms with Crippen LogP contribution in [0.4, 0.5) is 10.2 Å². The summed E-state index contributed by atoms with van der Waals surface area (Å²) < 4.78 is 37.6. The number of H-pyrrole nitrogens is 1. The Morgan fingerprint density at radius 2 is 1.89 bits per heavy atom. The monoisotopic (exact) mass is 395 g/mol. The summed E-state index contributed by atoms with van der Waals surface area (Å²) in [6, 6.07) is 5.63. The van der Waals surface area contributed by atoms with E-state index in [0.29, 0.717) is 5.56 Å². The molecule has 1 amide bonds. The number of halogens is 1. The Morgan fingerprint density at radius 1 is 1.26 bits per heavy atom. The maximum atomic E-state index is 13.0. The number of aromatic nitrogens is 1. The van der Waals surface area contributed by atoms with Gasteiger partial charge in [-0.15, -0.1) is 0 Å². The van der Waals surface area contributed by atoms with Crippen LogP contribution in [0.15, 0.2) is 29.1 Å². The summed E-state index contributed by atoms with van der Waals surface area (Å²) in [4.78, 5) is 28.7. The van der Waals surface area contributed by atoms with Gasteiger partial charge in [0.1, 0.15) is 11.6 Å². The molecule has 0 saturated heterocycles. The van der Waals surface area contributed by atoms with Crippen LogP contribution < -0.4 is 9.86 Å². The lowest BCUT2D eigenvalue weighted by molar-refractivity contribution is 0.0723. The van der Waals surface area contributed by atoms with Crippen molar-refractivity contribution in [3.05, 3.63) is 57.1 Å². The fraction of sp³-hybridized carbons (Fsp3) is 0.294. The number of sulfonamides is 1. The quantitative estimate of drug-likeness (QED) is 0.796. The molecule has 0 saturated carbocycles. The van der Waals surface area contributed by atoms with E-state index in [4.69, 9.17) is 0 Å². The first-order valence-electron chi connectivity index (χ1n) is 8.05. The number of aromatic hydroxyl groups is 1. The predicted molar refractivity (Wildman–Crippen MR) is 96.8 cm³/mol. The molecule has 0 atom stereocenters. The number of fused-ring (bicyclic) bond motifs is 1. The average molecular weight is 395 g/mol. The molecule has 0 unspecified atom stereocenters. The van der Waals surface area contributed by atoms with Crippen LogP contribution in [0.25, 0.3) is 0 Å². The smallest absolute Gasteiger partial charge is 0.292 e. The molecule has 0 bridgehead atoms. The van der Waals surface area contributed by atoms with E-state index in [0.717, 1.165) is 10.6 Å². The van der Waals surface area contributed by atoms with Crippen LogP contribution in [-0.4, -0.2) is 49.2 Å². The Morgan fingerprint density at radius 3 is 2.48 bits per heavy atom. The number of hydrogen-bond donors (Lipinski definition) is 2. The van der Waals surface area contributed by atoms with E-state index >= 15 is 0 Å². The van der Waals surface area contributed by atoms with Gasteiger partial charge in [-0.2, -0.15) is 0 Å². The van der Waals surface area contributed by atoms with Gasteiger partial charge in [0.2, 0.25) is 10.0 Å². The van der Waals surface area contributed by atoms with Gasteiger partial charge in [-0.1, -0.05) is 12.1 Å². The zero-order valence-corrected chi connectivity index (χ0v) is 15.5. The van der Waals surface area contributed by atoms with Crippen LogP contribution in [-0.2, 0) is 23.0 Å². The van der Waals surface area contributed by atoms with Gasteiger partial charge >= 0.3 is 0 Å². The lowest BCUT2D eigenvalue weighted by Gasteiger charge is -2.31. The van der Waals surface area contributed by atoms with E-state index in [1.54, 1.807) is 12.1 Å². The van der Waals surface area contributed by atoms with Crippen molar-refractivity contribution in [2.45, 2.75) is 13.0 Å². The molecule has 1 aromatic heterocycles. The fourth-order valence-electron chi connectivity index (χ4n) is 2.99. The SMILES string of the molecule is CN(c1[nH]c(=O)c(O)c2c1CCN(Cc1ccc(F)cc1)C2=O)S(C)(=O)=O. The maximum absolute atomic E-state index is 13.0. The normalized spacial score (nSPS) is 14.2. The Labute approximate surface area is 154 Å². The summed E-state index contributed by atoms with van der Waals surface area (Å²) in [7, 11) is -2.42. The Balaban J connectivity index is 2.03. The van der Waals surface area contributed by atoms with Gasteiger partial charge in [-0.3, -0.25) is 13.9 Å². The molecule has 0 aliphatic carbocycles. The van der Waals surface area contributed by atoms with Crippen molar-refractivity contribution in [1.82, 2.24) is 9.88 Å². The highest BCUT2D eigenvalue weighted by Gasteiger charge is 2.33. The number of amides is 1. The second-order valence-electron chi connectivity index (χ2n) is 6.34. The zero-order chi connectivity index (χ0) is 19.9. The molecule has 3 rings (SSSR count). The summed E-state index contributed by atoms with van der Waals surface area (Å²) in [5, 5.41) is 10.1. The third kappa shape index (κ3) is 3.52. The summed E-state index contributed by atoms with van der Waals surface area (Å²) >= 11 is 0. The number of benzene rings is 1. The molecule has 2 aromatic rings. The van der Waals surface area contributed by atoms with Crippen molar-refractivity contribution in [3.63, 3.8) is 0 Å². The standard InChI is InChI=1S/C17H18FN3O5S/c1-20(27(2,25)26)15-12-7-8-21(9-10-3-5-11(18)6-4-10)17(24)13(12)14(22)16(23)19-15/h3-6,22H,7-9H2,1-2H3,(H,19,23). The molecule has 10 heteroatoms. The molecule has 2 heterocycles. The minimum atomic E-state index is -3.68. The lowest BCUT2D eigenvalue weighted by atomic mass is 9.98. The summed E-state index contributed by atoms with van der Waals surface area (Å²) in [5.41, 5.74) is -0.208. The molecule has 8 nitrogen and oxygen atoms in total. The molecule has 1 aliphatic heterocycles. The Kier molecular flexibility index (Phi) is 4.68. The number of anilines is 1. The van der Waals surface area contributed by atoms with Gasteiger partial charge < -0.3 is 15.0 Å². The van der Waals surface area contributed by atoms with Crippen molar-refractivity contribution in [1.29, 1.82) is 0 Å². The van der Waals surface area contributed by atoms with Crippen LogP contribution in [0.1, 0.15) is 21.5 Å². The van der Waals surface area contributed by atoms with Crippen molar-refractivity contribution < 1.29 is 22.7 Å². The first-order valence-corrected chi connectivity index (χ1v) is 9.90. The number of carbonyl (C=O) groups excluding carboxylic acids is 1. The van der Waals surface area contributed by atoms with Crippen molar-refractivity contribution >= 4 is 21.7 Å². The van der Waals surface area contributed by atoms with E-state index in [-0.39, 0.29) is 36.5 Å². The molecule has 0 spiro atoms. The maximum Gasteiger partial charge on any atom is 0.292 e. The van der Waals surface area contributed by atoms with Crippen LogP contribution in [0.5, 0.6) is 5.75 Å². The van der Waals surface area contributed by atoms with E-state index in [1.165, 1.54) is 24.1 Å². The highest BCUT2D eigenvalue weighted by molar-refractivity contribution is 7.92. The number of carbonyl (C=O) groups is 1. The second-order valence-corrected chi connectivity index (χ2v) is 8.35. The Bertz CT molecular complexity index is 1060. The third-order valence-electron chi connectivity index (χ3n) is 4.50. The Hall–Kier alpha value is -2.88. The number of pyridine rings is 1. The molecule has 0 radical (unpaired) electrons. The zero-order valence-electron chi connectivity index (χ0n) is 14.7. The first-order chi connectivity index (χ1) is 12.6. The molecular weight excluding hydrogens is 377 g/mol. The van der Waals surface area contributed by atoms with Crippen LogP contribution in [0, 0.1) is 5.82 Å². The molecule has 1 aromatic carbocycles. The van der Waals surface area contributed by atoms with Crippen LogP contribution >= 0.6 is 0 Å². The highest BCUT2D eigenvalue weighted by atomic mass is 32.2. The van der Waals surface area contributed by atoms with Crippen LogP contribution in [0.3, 0.4) is 0 Å². The van der Waals surface area contributed by atoms with E-state index in [9.17, 15) is 27.5 Å². The van der Waals surface area contributed by atoms with Gasteiger partial charge in [0, 0.05) is 25.7 Å². The van der Waals surface area contributed by atoms with Gasteiger partial charge in [-0.05, 0) is 24.1 Å². The molecule has 1 aliphatic rings. The van der Waals surface area contributed by atoms with E-state index < -0.39 is 33.1 Å². The minimum Gasteiger partial charge on any atom is -0.502 e. The minimum absolute atomic E-state index is 0.0370. The van der Waals surface area contributed by atoms with Crippen molar-refractivity contribution in [2.75, 3.05) is 24.2 Å². The van der Waals surface area contributed by atoms with Gasteiger partial charge in [-0.25, -0.2) is 12.8 Å².